The number of terminal acetylenes is 1. The molecule has 1 aromatic carbocycles. The predicted molar refractivity (Wildman–Crippen MR) is 93.4 cm³/mol. The molecule has 0 radical (unpaired) electrons. The van der Waals surface area contributed by atoms with E-state index >= 15 is 0 Å². The Hall–Kier alpha value is -3.60. The van der Waals surface area contributed by atoms with Crippen molar-refractivity contribution in [2.24, 2.45) is 0 Å². The smallest absolute Gasteiger partial charge is 0.322 e. The van der Waals surface area contributed by atoms with Crippen molar-refractivity contribution in [3.63, 3.8) is 0 Å². The Balaban J connectivity index is 1.84. The number of nitrogens with one attached hydrogen (secondary N) is 1. The molecule has 5 nitrogen and oxygen atoms in total. The van der Waals surface area contributed by atoms with Gasteiger partial charge in [0.2, 0.25) is 0 Å². The number of rotatable bonds is 3. The highest BCUT2D eigenvalue weighted by Gasteiger charge is 2.30. The Kier molecular flexibility index (Phi) is 4.69. The first-order valence-corrected chi connectivity index (χ1v) is 7.76. The number of halogens is 3. The van der Waals surface area contributed by atoms with Crippen LogP contribution in [0.3, 0.4) is 0 Å². The van der Waals surface area contributed by atoms with Crippen LogP contribution in [-0.2, 0) is 6.18 Å². The van der Waals surface area contributed by atoms with E-state index < -0.39 is 17.6 Å². The minimum Gasteiger partial charge on any atom is -0.322 e. The Morgan fingerprint density at radius 2 is 2.00 bits per heavy atom. The van der Waals surface area contributed by atoms with Crippen LogP contribution in [0.15, 0.2) is 48.8 Å². The molecule has 0 bridgehead atoms. The number of alkyl halides is 3. The van der Waals surface area contributed by atoms with Crippen molar-refractivity contribution in [3.05, 3.63) is 71.2 Å². The highest BCUT2D eigenvalue weighted by molar-refractivity contribution is 6.05. The first-order valence-electron chi connectivity index (χ1n) is 7.76. The van der Waals surface area contributed by atoms with Crippen molar-refractivity contribution in [2.75, 3.05) is 5.32 Å². The third kappa shape index (κ3) is 3.82. The van der Waals surface area contributed by atoms with Gasteiger partial charge in [0.15, 0.2) is 5.82 Å². The lowest BCUT2D eigenvalue weighted by molar-refractivity contribution is -0.137. The average Bonchev–Trinajstić information content (AvgIpc) is 3.03. The van der Waals surface area contributed by atoms with Gasteiger partial charge < -0.3 is 5.32 Å². The van der Waals surface area contributed by atoms with Gasteiger partial charge in [0.05, 0.1) is 23.0 Å². The lowest BCUT2D eigenvalue weighted by atomic mass is 10.2. The molecule has 0 aliphatic rings. The molecule has 2 heterocycles. The first-order chi connectivity index (χ1) is 12.8. The minimum atomic E-state index is -4.47. The van der Waals surface area contributed by atoms with E-state index in [9.17, 15) is 18.0 Å². The summed E-state index contributed by atoms with van der Waals surface area (Å²) in [4.78, 5) is 16.3. The van der Waals surface area contributed by atoms with Crippen molar-refractivity contribution in [3.8, 4) is 18.2 Å². The van der Waals surface area contributed by atoms with E-state index in [0.717, 1.165) is 12.3 Å². The van der Waals surface area contributed by atoms with Gasteiger partial charge in [-0.2, -0.15) is 18.3 Å². The summed E-state index contributed by atoms with van der Waals surface area (Å²) in [7, 11) is 0. The number of pyridine rings is 1. The Labute approximate surface area is 152 Å². The van der Waals surface area contributed by atoms with Crippen LogP contribution in [0.1, 0.15) is 27.2 Å². The maximum absolute atomic E-state index is 12.6. The van der Waals surface area contributed by atoms with E-state index in [1.807, 2.05) is 0 Å². The molecule has 0 fully saturated rings. The molecule has 0 atom stereocenters. The fourth-order valence-corrected chi connectivity index (χ4v) is 2.43. The van der Waals surface area contributed by atoms with Crippen LogP contribution in [0.5, 0.6) is 0 Å². The number of carbonyl (C=O) groups excluding carboxylic acids is 1. The summed E-state index contributed by atoms with van der Waals surface area (Å²) in [6.07, 6.45) is 2.92. The van der Waals surface area contributed by atoms with Crippen molar-refractivity contribution >= 4 is 11.6 Å². The van der Waals surface area contributed by atoms with Gasteiger partial charge in [0.1, 0.15) is 0 Å². The number of aromatic nitrogens is 3. The molecule has 0 unspecified atom stereocenters. The first kappa shape index (κ1) is 18.2. The quantitative estimate of drug-likeness (QED) is 0.713. The van der Waals surface area contributed by atoms with Crippen molar-refractivity contribution < 1.29 is 18.0 Å². The average molecular weight is 370 g/mol. The van der Waals surface area contributed by atoms with Crippen LogP contribution in [0.2, 0.25) is 0 Å². The number of hydrogen-bond acceptors (Lipinski definition) is 3. The molecule has 27 heavy (non-hydrogen) atoms. The molecule has 2 aromatic heterocycles. The van der Waals surface area contributed by atoms with Crippen molar-refractivity contribution in [1.29, 1.82) is 0 Å². The zero-order valence-corrected chi connectivity index (χ0v) is 14.1. The second kappa shape index (κ2) is 6.96. The number of nitrogens with zero attached hydrogens (tertiary/aromatic N) is 3. The number of amides is 1. The third-order valence-corrected chi connectivity index (χ3v) is 3.83. The highest BCUT2D eigenvalue weighted by Crippen LogP contribution is 2.28. The van der Waals surface area contributed by atoms with E-state index in [2.05, 4.69) is 21.3 Å². The molecule has 3 rings (SSSR count). The predicted octanol–water partition coefficient (Wildman–Crippen LogP) is 3.83. The van der Waals surface area contributed by atoms with Crippen molar-refractivity contribution in [2.45, 2.75) is 13.1 Å². The van der Waals surface area contributed by atoms with Crippen LogP contribution in [0, 0.1) is 19.3 Å². The van der Waals surface area contributed by atoms with Crippen molar-refractivity contribution in [1.82, 2.24) is 14.8 Å². The molecule has 0 saturated heterocycles. The monoisotopic (exact) mass is 370 g/mol. The molecule has 8 heteroatoms. The Bertz CT molecular complexity index is 1030. The van der Waals surface area contributed by atoms with E-state index in [-0.39, 0.29) is 11.4 Å². The van der Waals surface area contributed by atoms with Gasteiger partial charge in [-0.1, -0.05) is 12.0 Å². The Morgan fingerprint density at radius 3 is 2.63 bits per heavy atom. The maximum atomic E-state index is 12.6. The molecule has 0 saturated carbocycles. The van der Waals surface area contributed by atoms with Gasteiger partial charge in [-0.15, -0.1) is 6.42 Å². The van der Waals surface area contributed by atoms with Gasteiger partial charge in [-0.25, -0.2) is 9.67 Å². The molecular weight excluding hydrogens is 357 g/mol. The van der Waals surface area contributed by atoms with Gasteiger partial charge in [0.25, 0.3) is 5.91 Å². The molecule has 1 amide bonds. The summed E-state index contributed by atoms with van der Waals surface area (Å²) in [5, 5.41) is 6.76. The summed E-state index contributed by atoms with van der Waals surface area (Å²) >= 11 is 0. The molecule has 0 aliphatic heterocycles. The van der Waals surface area contributed by atoms with Crippen LogP contribution in [-0.4, -0.2) is 20.7 Å². The number of anilines is 1. The van der Waals surface area contributed by atoms with Gasteiger partial charge in [-0.05, 0) is 37.3 Å². The fraction of sp³-hybridized carbons (Fsp3) is 0.105. The minimum absolute atomic E-state index is 0.175. The lowest BCUT2D eigenvalue weighted by Gasteiger charge is -2.08. The SMILES string of the molecule is C#Cc1cccc(NC(=O)c2cnn(-c3ccc(C(F)(F)F)cn3)c2C)c1. The molecule has 0 spiro atoms. The maximum Gasteiger partial charge on any atom is 0.417 e. The van der Waals surface area contributed by atoms with Crippen LogP contribution in [0.25, 0.3) is 5.82 Å². The molecule has 136 valence electrons. The van der Waals surface area contributed by atoms with Crippen LogP contribution in [0.4, 0.5) is 18.9 Å². The van der Waals surface area contributed by atoms with Crippen LogP contribution < -0.4 is 5.32 Å². The molecule has 3 aromatic rings. The standard InChI is InChI=1S/C19H13F3N4O/c1-3-13-5-4-6-15(9-13)25-18(27)16-11-24-26(12(16)2)17-8-7-14(10-23-17)19(20,21)22/h1,4-11H,2H3,(H,25,27). The topological polar surface area (TPSA) is 59.8 Å². The zero-order valence-electron chi connectivity index (χ0n) is 14.1. The highest BCUT2D eigenvalue weighted by atomic mass is 19.4. The largest absolute Gasteiger partial charge is 0.417 e. The second-order valence-corrected chi connectivity index (χ2v) is 5.64. The van der Waals surface area contributed by atoms with E-state index in [1.165, 1.54) is 16.9 Å². The third-order valence-electron chi connectivity index (χ3n) is 3.83. The van der Waals surface area contributed by atoms with Crippen LogP contribution >= 0.6 is 0 Å². The summed E-state index contributed by atoms with van der Waals surface area (Å²) in [6.45, 7) is 1.62. The second-order valence-electron chi connectivity index (χ2n) is 5.64. The summed E-state index contributed by atoms with van der Waals surface area (Å²) in [6, 6.07) is 8.89. The Morgan fingerprint density at radius 1 is 1.22 bits per heavy atom. The molecular formula is C19H13F3N4O. The van der Waals surface area contributed by atoms with Gasteiger partial charge in [0, 0.05) is 17.4 Å². The van der Waals surface area contributed by atoms with E-state index in [1.54, 1.807) is 31.2 Å². The van der Waals surface area contributed by atoms with E-state index in [0.29, 0.717) is 16.9 Å². The van der Waals surface area contributed by atoms with E-state index in [4.69, 9.17) is 6.42 Å². The summed E-state index contributed by atoms with van der Waals surface area (Å²) in [5.74, 6) is 2.23. The van der Waals surface area contributed by atoms with Gasteiger partial charge >= 0.3 is 6.18 Å². The molecule has 0 aliphatic carbocycles. The number of benzene rings is 1. The van der Waals surface area contributed by atoms with Gasteiger partial charge in [-0.3, -0.25) is 4.79 Å². The molecule has 1 N–H and O–H groups in total. The zero-order chi connectivity index (χ0) is 19.6. The number of carbonyl (C=O) groups is 1. The normalized spacial score (nSPS) is 11.1. The lowest BCUT2D eigenvalue weighted by Crippen LogP contribution is -2.13. The fourth-order valence-electron chi connectivity index (χ4n) is 2.43. The summed E-state index contributed by atoms with van der Waals surface area (Å²) in [5.41, 5.74) is 0.988. The number of hydrogen-bond donors (Lipinski definition) is 1. The summed E-state index contributed by atoms with van der Waals surface area (Å²) < 4.78 is 39.2.